The maximum atomic E-state index is 14.1. The van der Waals surface area contributed by atoms with Crippen LogP contribution in [-0.2, 0) is 0 Å². The Morgan fingerprint density at radius 1 is 0.606 bits per heavy atom. The van der Waals surface area contributed by atoms with Crippen molar-refractivity contribution in [2.24, 2.45) is 0 Å². The van der Waals surface area contributed by atoms with Crippen molar-refractivity contribution < 1.29 is 0 Å². The Bertz CT molecular complexity index is 1620. The average molecular weight is 434 g/mol. The smallest absolute Gasteiger partial charge is 0.342 e. The summed E-state index contributed by atoms with van der Waals surface area (Å²) in [6.45, 7) is 1.55. The van der Waals surface area contributed by atoms with Crippen LogP contribution in [0, 0.1) is 0 Å². The van der Waals surface area contributed by atoms with E-state index in [9.17, 15) is 9.59 Å². The fourth-order valence-electron chi connectivity index (χ4n) is 4.81. The number of hydrogen-bond acceptors (Lipinski definition) is 4. The molecule has 0 N–H and O–H groups in total. The monoisotopic (exact) mass is 434 g/mol. The summed E-state index contributed by atoms with van der Waals surface area (Å²) >= 11 is 0. The number of hydrogen-bond donors (Lipinski definition) is 0. The molecule has 1 fully saturated rings. The van der Waals surface area contributed by atoms with Gasteiger partial charge in [-0.25, -0.2) is 18.7 Å². The number of rotatable bonds is 3. The fourth-order valence-corrected chi connectivity index (χ4v) is 4.81. The van der Waals surface area contributed by atoms with Gasteiger partial charge in [-0.05, 0) is 35.7 Å². The van der Waals surface area contributed by atoms with Crippen molar-refractivity contribution in [1.29, 1.82) is 0 Å². The SMILES string of the molecule is O=c1nc(N2CCCC2)n(-c2cccc3ccccc23)c(=O)n1-c1cccc2ccccc12. The van der Waals surface area contributed by atoms with E-state index < -0.39 is 11.4 Å². The Kier molecular flexibility index (Phi) is 4.57. The molecule has 0 amide bonds. The Morgan fingerprint density at radius 2 is 1.12 bits per heavy atom. The predicted octanol–water partition coefficient (Wildman–Crippen LogP) is 4.29. The summed E-state index contributed by atoms with van der Waals surface area (Å²) in [6, 6.07) is 27.2. The van der Waals surface area contributed by atoms with Crippen molar-refractivity contribution in [3.05, 3.63) is 106 Å². The van der Waals surface area contributed by atoms with E-state index in [1.54, 1.807) is 10.6 Å². The maximum absolute atomic E-state index is 14.1. The van der Waals surface area contributed by atoms with Crippen LogP contribution in [0.1, 0.15) is 12.8 Å². The van der Waals surface area contributed by atoms with Gasteiger partial charge < -0.3 is 4.90 Å². The number of anilines is 1. The molecular weight excluding hydrogens is 412 g/mol. The lowest BCUT2D eigenvalue weighted by atomic mass is 10.1. The molecule has 162 valence electrons. The second kappa shape index (κ2) is 7.74. The zero-order chi connectivity index (χ0) is 22.4. The summed E-state index contributed by atoms with van der Waals surface area (Å²) in [4.78, 5) is 34.0. The van der Waals surface area contributed by atoms with Crippen LogP contribution in [0.25, 0.3) is 32.9 Å². The third-order valence-corrected chi connectivity index (χ3v) is 6.37. The Labute approximate surface area is 190 Å². The first kappa shape index (κ1) is 19.5. The molecule has 1 saturated heterocycles. The normalized spacial score (nSPS) is 13.8. The zero-order valence-electron chi connectivity index (χ0n) is 18.0. The van der Waals surface area contributed by atoms with Gasteiger partial charge in [0, 0.05) is 23.9 Å². The van der Waals surface area contributed by atoms with Crippen LogP contribution in [0.2, 0.25) is 0 Å². The van der Waals surface area contributed by atoms with E-state index in [0.717, 1.165) is 53.2 Å². The summed E-state index contributed by atoms with van der Waals surface area (Å²) in [6.07, 6.45) is 2.02. The van der Waals surface area contributed by atoms with E-state index in [2.05, 4.69) is 4.98 Å². The van der Waals surface area contributed by atoms with Gasteiger partial charge in [-0.15, -0.1) is 0 Å². The summed E-state index contributed by atoms with van der Waals surface area (Å²) < 4.78 is 2.81. The topological polar surface area (TPSA) is 60.1 Å². The van der Waals surface area contributed by atoms with Gasteiger partial charge in [0.1, 0.15) is 0 Å². The molecule has 0 radical (unpaired) electrons. The lowest BCUT2D eigenvalue weighted by Gasteiger charge is -2.23. The molecule has 5 aromatic rings. The minimum Gasteiger partial charge on any atom is -0.342 e. The summed E-state index contributed by atoms with van der Waals surface area (Å²) in [5.74, 6) is 0.412. The molecular formula is C27H22N4O2. The van der Waals surface area contributed by atoms with Gasteiger partial charge in [0.2, 0.25) is 5.95 Å². The maximum Gasteiger partial charge on any atom is 0.359 e. The Hall–Kier alpha value is -4.19. The molecule has 4 aromatic carbocycles. The van der Waals surface area contributed by atoms with Crippen molar-refractivity contribution in [3.8, 4) is 11.4 Å². The first-order valence-electron chi connectivity index (χ1n) is 11.2. The summed E-state index contributed by atoms with van der Waals surface area (Å²) in [5, 5.41) is 3.76. The molecule has 0 bridgehead atoms. The van der Waals surface area contributed by atoms with Crippen LogP contribution in [0.5, 0.6) is 0 Å². The third-order valence-electron chi connectivity index (χ3n) is 6.37. The van der Waals surface area contributed by atoms with Crippen molar-refractivity contribution in [2.45, 2.75) is 12.8 Å². The highest BCUT2D eigenvalue weighted by Crippen LogP contribution is 2.26. The molecule has 33 heavy (non-hydrogen) atoms. The lowest BCUT2D eigenvalue weighted by Crippen LogP contribution is -2.43. The first-order chi connectivity index (χ1) is 16.2. The molecule has 6 nitrogen and oxygen atoms in total. The van der Waals surface area contributed by atoms with Crippen molar-refractivity contribution in [3.63, 3.8) is 0 Å². The molecule has 1 aromatic heterocycles. The Balaban J connectivity index is 1.72. The van der Waals surface area contributed by atoms with Crippen molar-refractivity contribution >= 4 is 27.5 Å². The van der Waals surface area contributed by atoms with Gasteiger partial charge in [-0.3, -0.25) is 0 Å². The minimum atomic E-state index is -0.560. The van der Waals surface area contributed by atoms with Gasteiger partial charge in [-0.1, -0.05) is 72.8 Å². The molecule has 2 heterocycles. The van der Waals surface area contributed by atoms with Crippen molar-refractivity contribution in [1.82, 2.24) is 14.1 Å². The number of fused-ring (bicyclic) bond motifs is 2. The fraction of sp³-hybridized carbons (Fsp3) is 0.148. The third kappa shape index (κ3) is 3.14. The highest BCUT2D eigenvalue weighted by atomic mass is 16.2. The summed E-state index contributed by atoms with van der Waals surface area (Å²) in [5.41, 5.74) is 0.290. The molecule has 1 aliphatic heterocycles. The summed E-state index contributed by atoms with van der Waals surface area (Å²) in [7, 11) is 0. The van der Waals surface area contributed by atoms with E-state index in [0.29, 0.717) is 11.6 Å². The van der Waals surface area contributed by atoms with Gasteiger partial charge in [0.25, 0.3) is 0 Å². The zero-order valence-corrected chi connectivity index (χ0v) is 18.0. The number of benzene rings is 4. The molecule has 1 aliphatic rings. The molecule has 0 saturated carbocycles. The molecule has 0 spiro atoms. The quantitative estimate of drug-likeness (QED) is 0.425. The van der Waals surface area contributed by atoms with Gasteiger partial charge in [0.05, 0.1) is 11.4 Å². The Morgan fingerprint density at radius 3 is 1.73 bits per heavy atom. The number of aromatic nitrogens is 3. The molecule has 0 atom stereocenters. The van der Waals surface area contributed by atoms with Crippen LogP contribution >= 0.6 is 0 Å². The highest BCUT2D eigenvalue weighted by Gasteiger charge is 2.24. The molecule has 0 unspecified atom stereocenters. The van der Waals surface area contributed by atoms with Crippen LogP contribution < -0.4 is 16.3 Å². The first-order valence-corrected chi connectivity index (χ1v) is 11.2. The van der Waals surface area contributed by atoms with Crippen LogP contribution in [-0.4, -0.2) is 27.2 Å². The van der Waals surface area contributed by atoms with E-state index in [4.69, 9.17) is 0 Å². The van der Waals surface area contributed by atoms with E-state index in [1.807, 2.05) is 83.8 Å². The van der Waals surface area contributed by atoms with Gasteiger partial charge >= 0.3 is 11.4 Å². The van der Waals surface area contributed by atoms with Gasteiger partial charge in [-0.2, -0.15) is 4.98 Å². The van der Waals surface area contributed by atoms with E-state index in [1.165, 1.54) is 4.57 Å². The molecule has 0 aliphatic carbocycles. The second-order valence-electron chi connectivity index (χ2n) is 8.34. The van der Waals surface area contributed by atoms with Crippen LogP contribution in [0.3, 0.4) is 0 Å². The standard InChI is InChI=1S/C27H22N4O2/c32-26-28-25(29-17-5-6-18-29)30(23-15-7-11-19-9-1-3-13-21(19)23)27(33)31(26)24-16-8-12-20-10-2-4-14-22(20)24/h1-4,7-16H,5-6,17-18H2. The highest BCUT2D eigenvalue weighted by molar-refractivity contribution is 5.91. The second-order valence-corrected chi connectivity index (χ2v) is 8.34. The lowest BCUT2D eigenvalue weighted by molar-refractivity contribution is 0.722. The van der Waals surface area contributed by atoms with E-state index in [-0.39, 0.29) is 0 Å². The largest absolute Gasteiger partial charge is 0.359 e. The molecule has 6 heteroatoms. The van der Waals surface area contributed by atoms with E-state index >= 15 is 0 Å². The van der Waals surface area contributed by atoms with Crippen LogP contribution in [0.15, 0.2) is 94.5 Å². The van der Waals surface area contributed by atoms with Crippen molar-refractivity contribution in [2.75, 3.05) is 18.0 Å². The number of nitrogens with zero attached hydrogens (tertiary/aromatic N) is 4. The predicted molar refractivity (Wildman–Crippen MR) is 132 cm³/mol. The minimum absolute atomic E-state index is 0.412. The van der Waals surface area contributed by atoms with Gasteiger partial charge in [0.15, 0.2) is 0 Å². The molecule has 6 rings (SSSR count). The van der Waals surface area contributed by atoms with Crippen LogP contribution in [0.4, 0.5) is 5.95 Å². The average Bonchev–Trinajstić information content (AvgIpc) is 3.39.